The van der Waals surface area contributed by atoms with Crippen LogP contribution in [0.4, 0.5) is 9.18 Å². The molecule has 164 valence electrons. The number of nitrogens with one attached hydrogen (secondary N) is 2. The average molecular weight is 428 g/mol. The number of pyridine rings is 1. The van der Waals surface area contributed by atoms with Gasteiger partial charge in [0.15, 0.2) is 5.75 Å². The van der Waals surface area contributed by atoms with E-state index in [1.807, 2.05) is 0 Å². The van der Waals surface area contributed by atoms with Crippen LogP contribution in [0.25, 0.3) is 22.0 Å². The van der Waals surface area contributed by atoms with Gasteiger partial charge in [0.2, 0.25) is 0 Å². The molecule has 0 saturated heterocycles. The minimum absolute atomic E-state index is 0.112. The van der Waals surface area contributed by atoms with Gasteiger partial charge in [-0.05, 0) is 63.2 Å². The van der Waals surface area contributed by atoms with E-state index in [0.717, 1.165) is 6.07 Å². The van der Waals surface area contributed by atoms with Gasteiger partial charge in [0, 0.05) is 10.9 Å². The maximum absolute atomic E-state index is 13.7. The summed E-state index contributed by atoms with van der Waals surface area (Å²) in [4.78, 5) is 27.2. The fourth-order valence-corrected chi connectivity index (χ4v) is 3.01. The number of ether oxygens (including phenoxy) is 3. The highest BCUT2D eigenvalue weighted by Crippen LogP contribution is 2.34. The number of hydrogen-bond donors (Lipinski definition) is 2. The maximum atomic E-state index is 13.7. The van der Waals surface area contributed by atoms with E-state index in [1.54, 1.807) is 52.1 Å². The molecule has 1 heterocycles. The standard InChI is InChI=1S/C23H25FN2O5/c1-23(2,3)31-22(28)25-11-12-30-20-17-10-7-15(24)13-18(17)21(27)26-19(20)14-5-8-16(29-4)9-6-14/h5-10,13H,11-12H2,1-4H3,(H,25,28)(H,26,27). The van der Waals surface area contributed by atoms with Crippen LogP contribution < -0.4 is 20.3 Å². The first kappa shape index (κ1) is 22.1. The lowest BCUT2D eigenvalue weighted by Crippen LogP contribution is -2.34. The molecule has 0 bridgehead atoms. The smallest absolute Gasteiger partial charge is 0.407 e. The van der Waals surface area contributed by atoms with Crippen molar-refractivity contribution in [3.63, 3.8) is 0 Å². The summed E-state index contributed by atoms with van der Waals surface area (Å²) in [6.45, 7) is 5.61. The molecule has 8 heteroatoms. The van der Waals surface area contributed by atoms with Crippen LogP contribution >= 0.6 is 0 Å². The second kappa shape index (κ2) is 9.07. The molecule has 0 spiro atoms. The Balaban J connectivity index is 1.90. The summed E-state index contributed by atoms with van der Waals surface area (Å²) in [5.41, 5.74) is 0.105. The topological polar surface area (TPSA) is 89.7 Å². The number of amides is 1. The molecule has 0 aliphatic carbocycles. The number of methoxy groups -OCH3 is 1. The number of benzene rings is 2. The first-order valence-electron chi connectivity index (χ1n) is 9.77. The minimum Gasteiger partial charge on any atom is -0.497 e. The summed E-state index contributed by atoms with van der Waals surface area (Å²) in [6.07, 6.45) is -0.556. The second-order valence-electron chi connectivity index (χ2n) is 7.85. The lowest BCUT2D eigenvalue weighted by Gasteiger charge is -2.20. The Labute approximate surface area is 179 Å². The Morgan fingerprint density at radius 3 is 2.45 bits per heavy atom. The van der Waals surface area contributed by atoms with Crippen molar-refractivity contribution < 1.29 is 23.4 Å². The summed E-state index contributed by atoms with van der Waals surface area (Å²) in [6, 6.07) is 11.0. The number of carbonyl (C=O) groups is 1. The zero-order valence-corrected chi connectivity index (χ0v) is 17.9. The van der Waals surface area contributed by atoms with Crippen molar-refractivity contribution in [2.45, 2.75) is 26.4 Å². The number of H-pyrrole nitrogens is 1. The number of aromatic amines is 1. The zero-order chi connectivity index (χ0) is 22.6. The van der Waals surface area contributed by atoms with Crippen LogP contribution in [0.1, 0.15) is 20.8 Å². The fourth-order valence-electron chi connectivity index (χ4n) is 3.01. The van der Waals surface area contributed by atoms with Crippen molar-refractivity contribution in [3.05, 3.63) is 58.6 Å². The number of carbonyl (C=O) groups excluding carboxylic acids is 1. The lowest BCUT2D eigenvalue weighted by molar-refractivity contribution is 0.0520. The van der Waals surface area contributed by atoms with Gasteiger partial charge in [-0.2, -0.15) is 0 Å². The molecule has 3 rings (SSSR count). The molecule has 0 fully saturated rings. The molecule has 0 aliphatic rings. The minimum atomic E-state index is -0.605. The molecule has 3 aromatic rings. The van der Waals surface area contributed by atoms with Gasteiger partial charge in [0.05, 0.1) is 24.7 Å². The normalized spacial score (nSPS) is 11.3. The Morgan fingerprint density at radius 2 is 1.81 bits per heavy atom. The molecule has 31 heavy (non-hydrogen) atoms. The van der Waals surface area contributed by atoms with E-state index >= 15 is 0 Å². The van der Waals surface area contributed by atoms with E-state index < -0.39 is 23.1 Å². The van der Waals surface area contributed by atoms with Gasteiger partial charge in [0.1, 0.15) is 23.8 Å². The van der Waals surface area contributed by atoms with Crippen LogP contribution in [0, 0.1) is 5.82 Å². The molecule has 1 aromatic heterocycles. The highest BCUT2D eigenvalue weighted by Gasteiger charge is 2.17. The van der Waals surface area contributed by atoms with E-state index in [-0.39, 0.29) is 18.5 Å². The molecule has 0 radical (unpaired) electrons. The zero-order valence-electron chi connectivity index (χ0n) is 17.9. The molecule has 0 saturated carbocycles. The molecular formula is C23H25FN2O5. The van der Waals surface area contributed by atoms with E-state index in [2.05, 4.69) is 10.3 Å². The lowest BCUT2D eigenvalue weighted by atomic mass is 10.1. The van der Waals surface area contributed by atoms with E-state index in [4.69, 9.17) is 14.2 Å². The second-order valence-corrected chi connectivity index (χ2v) is 7.85. The Kier molecular flexibility index (Phi) is 6.48. The number of fused-ring (bicyclic) bond motifs is 1. The third-order valence-corrected chi connectivity index (χ3v) is 4.33. The Morgan fingerprint density at radius 1 is 1.10 bits per heavy atom. The van der Waals surface area contributed by atoms with Crippen molar-refractivity contribution in [1.82, 2.24) is 10.3 Å². The molecule has 0 atom stereocenters. The van der Waals surface area contributed by atoms with Crippen molar-refractivity contribution >= 4 is 16.9 Å². The van der Waals surface area contributed by atoms with Crippen LogP contribution in [0.5, 0.6) is 11.5 Å². The molecule has 1 amide bonds. The maximum Gasteiger partial charge on any atom is 0.407 e. The first-order chi connectivity index (χ1) is 14.7. The third kappa shape index (κ3) is 5.53. The van der Waals surface area contributed by atoms with Gasteiger partial charge < -0.3 is 24.5 Å². The highest BCUT2D eigenvalue weighted by molar-refractivity contribution is 5.93. The largest absolute Gasteiger partial charge is 0.497 e. The average Bonchev–Trinajstić information content (AvgIpc) is 2.71. The predicted molar refractivity (Wildman–Crippen MR) is 116 cm³/mol. The number of alkyl carbamates (subject to hydrolysis) is 1. The van der Waals surface area contributed by atoms with Gasteiger partial charge in [0.25, 0.3) is 5.56 Å². The number of rotatable bonds is 6. The van der Waals surface area contributed by atoms with Crippen LogP contribution in [-0.2, 0) is 4.74 Å². The molecule has 0 aliphatic heterocycles. The monoisotopic (exact) mass is 428 g/mol. The number of halogens is 1. The van der Waals surface area contributed by atoms with Gasteiger partial charge in [-0.15, -0.1) is 0 Å². The van der Waals surface area contributed by atoms with Crippen molar-refractivity contribution in [2.24, 2.45) is 0 Å². The molecule has 7 nitrogen and oxygen atoms in total. The Bertz CT molecular complexity index is 1130. The van der Waals surface area contributed by atoms with Gasteiger partial charge in [-0.1, -0.05) is 0 Å². The molecule has 2 aromatic carbocycles. The SMILES string of the molecule is COc1ccc(-c2[nH]c(=O)c3cc(F)ccc3c2OCCNC(=O)OC(C)(C)C)cc1. The van der Waals surface area contributed by atoms with Crippen molar-refractivity contribution in [1.29, 1.82) is 0 Å². The van der Waals surface area contributed by atoms with Crippen molar-refractivity contribution in [2.75, 3.05) is 20.3 Å². The third-order valence-electron chi connectivity index (χ3n) is 4.33. The van der Waals surface area contributed by atoms with Crippen LogP contribution in [-0.4, -0.2) is 36.9 Å². The highest BCUT2D eigenvalue weighted by atomic mass is 19.1. The van der Waals surface area contributed by atoms with E-state index in [9.17, 15) is 14.0 Å². The van der Waals surface area contributed by atoms with Crippen molar-refractivity contribution in [3.8, 4) is 22.8 Å². The molecule has 2 N–H and O–H groups in total. The van der Waals surface area contributed by atoms with Gasteiger partial charge in [-0.3, -0.25) is 4.79 Å². The Hall–Kier alpha value is -3.55. The van der Waals surface area contributed by atoms with Crippen LogP contribution in [0.2, 0.25) is 0 Å². The van der Waals surface area contributed by atoms with E-state index in [1.165, 1.54) is 12.1 Å². The quantitative estimate of drug-likeness (QED) is 0.573. The summed E-state index contributed by atoms with van der Waals surface area (Å²) in [5, 5.41) is 3.26. The van der Waals surface area contributed by atoms with Crippen LogP contribution in [0.3, 0.4) is 0 Å². The number of hydrogen-bond acceptors (Lipinski definition) is 5. The van der Waals surface area contributed by atoms with Gasteiger partial charge >= 0.3 is 6.09 Å². The summed E-state index contributed by atoms with van der Waals surface area (Å²) >= 11 is 0. The van der Waals surface area contributed by atoms with Gasteiger partial charge in [-0.25, -0.2) is 9.18 Å². The molecular weight excluding hydrogens is 403 g/mol. The summed E-state index contributed by atoms with van der Waals surface area (Å²) in [5.74, 6) is 0.525. The summed E-state index contributed by atoms with van der Waals surface area (Å²) in [7, 11) is 1.56. The predicted octanol–water partition coefficient (Wildman–Crippen LogP) is 4.25. The summed E-state index contributed by atoms with van der Waals surface area (Å²) < 4.78 is 30.0. The molecule has 0 unspecified atom stereocenters. The van der Waals surface area contributed by atoms with Crippen LogP contribution in [0.15, 0.2) is 47.3 Å². The first-order valence-corrected chi connectivity index (χ1v) is 9.77. The van der Waals surface area contributed by atoms with E-state index in [0.29, 0.717) is 28.1 Å². The fraction of sp³-hybridized carbons (Fsp3) is 0.304. The number of aromatic nitrogens is 1.